The van der Waals surface area contributed by atoms with Gasteiger partial charge in [-0.15, -0.1) is 0 Å². The number of hydrogen-bond acceptors (Lipinski definition) is 3. The number of hydrogen-bond donors (Lipinski definition) is 1. The first-order chi connectivity index (χ1) is 6.66. The Morgan fingerprint density at radius 1 is 1.57 bits per heavy atom. The maximum absolute atomic E-state index is 10.5. The van der Waals surface area contributed by atoms with Gasteiger partial charge in [0.25, 0.3) is 0 Å². The van der Waals surface area contributed by atoms with Crippen LogP contribution in [0, 0.1) is 0 Å². The zero-order valence-corrected chi connectivity index (χ0v) is 7.78. The Bertz CT molecular complexity index is 492. The van der Waals surface area contributed by atoms with Gasteiger partial charge in [-0.1, -0.05) is 16.8 Å². The molecule has 0 amide bonds. The fourth-order valence-corrected chi connectivity index (χ4v) is 1.40. The maximum Gasteiger partial charge on any atom is 0.309 e. The van der Waals surface area contributed by atoms with Crippen molar-refractivity contribution in [1.82, 2.24) is 5.16 Å². The number of aliphatic carboxylic acids is 1. The number of carbonyl (C=O) groups is 1. The molecule has 72 valence electrons. The minimum atomic E-state index is -0.944. The highest BCUT2D eigenvalue weighted by molar-refractivity contribution is 6.31. The topological polar surface area (TPSA) is 63.3 Å². The molecule has 1 aromatic carbocycles. The van der Waals surface area contributed by atoms with Crippen LogP contribution in [-0.4, -0.2) is 16.2 Å². The average Bonchev–Trinajstić information content (AvgIpc) is 2.47. The van der Waals surface area contributed by atoms with E-state index in [0.717, 1.165) is 0 Å². The van der Waals surface area contributed by atoms with Crippen molar-refractivity contribution in [3.63, 3.8) is 0 Å². The first kappa shape index (κ1) is 9.02. The Morgan fingerprint density at radius 2 is 2.36 bits per heavy atom. The first-order valence-corrected chi connectivity index (χ1v) is 4.30. The summed E-state index contributed by atoms with van der Waals surface area (Å²) in [4.78, 5) is 10.5. The second kappa shape index (κ2) is 3.31. The van der Waals surface area contributed by atoms with Crippen LogP contribution in [0.1, 0.15) is 5.69 Å². The van der Waals surface area contributed by atoms with E-state index in [0.29, 0.717) is 21.7 Å². The predicted octanol–water partition coefficient (Wildman–Crippen LogP) is 2.11. The van der Waals surface area contributed by atoms with Crippen LogP contribution >= 0.6 is 11.6 Å². The summed E-state index contributed by atoms with van der Waals surface area (Å²) in [5, 5.41) is 13.4. The molecule has 0 aliphatic carbocycles. The number of nitrogens with zero attached hydrogens (tertiary/aromatic N) is 1. The molecule has 4 nitrogen and oxygen atoms in total. The van der Waals surface area contributed by atoms with Gasteiger partial charge in [0.15, 0.2) is 5.58 Å². The zero-order chi connectivity index (χ0) is 10.1. The molecular formula is C9H6ClNO3. The largest absolute Gasteiger partial charge is 0.481 e. The molecule has 0 saturated heterocycles. The Hall–Kier alpha value is -1.55. The standard InChI is InChI=1S/C9H6ClNO3/c10-5-1-2-8-6(3-5)7(11-14-8)4-9(12)13/h1-3H,4H2,(H,12,13). The molecule has 0 radical (unpaired) electrons. The van der Waals surface area contributed by atoms with Crippen LogP contribution in [0.15, 0.2) is 22.7 Å². The van der Waals surface area contributed by atoms with E-state index in [2.05, 4.69) is 5.16 Å². The summed E-state index contributed by atoms with van der Waals surface area (Å²) in [5.74, 6) is -0.944. The van der Waals surface area contributed by atoms with E-state index in [1.54, 1.807) is 18.2 Å². The van der Waals surface area contributed by atoms with Crippen LogP contribution in [-0.2, 0) is 11.2 Å². The van der Waals surface area contributed by atoms with E-state index < -0.39 is 5.97 Å². The van der Waals surface area contributed by atoms with Crippen LogP contribution in [0.4, 0.5) is 0 Å². The third-order valence-electron chi connectivity index (χ3n) is 1.83. The van der Waals surface area contributed by atoms with Crippen molar-refractivity contribution in [2.75, 3.05) is 0 Å². The van der Waals surface area contributed by atoms with Gasteiger partial charge in [0.05, 0.1) is 6.42 Å². The quantitative estimate of drug-likeness (QED) is 0.826. The maximum atomic E-state index is 10.5. The molecule has 2 aromatic rings. The zero-order valence-electron chi connectivity index (χ0n) is 7.03. The van der Waals surface area contributed by atoms with Crippen molar-refractivity contribution >= 4 is 28.5 Å². The fraction of sp³-hybridized carbons (Fsp3) is 0.111. The highest BCUT2D eigenvalue weighted by Crippen LogP contribution is 2.22. The van der Waals surface area contributed by atoms with Gasteiger partial charge in [0, 0.05) is 10.4 Å². The predicted molar refractivity (Wildman–Crippen MR) is 50.4 cm³/mol. The smallest absolute Gasteiger partial charge is 0.309 e. The molecule has 0 spiro atoms. The van der Waals surface area contributed by atoms with Crippen LogP contribution in [0.3, 0.4) is 0 Å². The Labute approximate surface area is 84.1 Å². The van der Waals surface area contributed by atoms with Gasteiger partial charge in [-0.2, -0.15) is 0 Å². The molecule has 0 saturated carbocycles. The molecular weight excluding hydrogens is 206 g/mol. The summed E-state index contributed by atoms with van der Waals surface area (Å²) < 4.78 is 4.93. The monoisotopic (exact) mass is 211 g/mol. The second-order valence-electron chi connectivity index (χ2n) is 2.84. The van der Waals surface area contributed by atoms with Gasteiger partial charge in [0.2, 0.25) is 0 Å². The lowest BCUT2D eigenvalue weighted by atomic mass is 10.2. The van der Waals surface area contributed by atoms with Gasteiger partial charge < -0.3 is 9.63 Å². The number of rotatable bonds is 2. The number of halogens is 1. The van der Waals surface area contributed by atoms with Crippen molar-refractivity contribution in [1.29, 1.82) is 0 Å². The van der Waals surface area contributed by atoms with Crippen molar-refractivity contribution in [3.8, 4) is 0 Å². The van der Waals surface area contributed by atoms with E-state index in [4.69, 9.17) is 21.2 Å². The summed E-state index contributed by atoms with van der Waals surface area (Å²) >= 11 is 5.77. The second-order valence-corrected chi connectivity index (χ2v) is 3.28. The van der Waals surface area contributed by atoms with Gasteiger partial charge in [-0.25, -0.2) is 0 Å². The molecule has 14 heavy (non-hydrogen) atoms. The fourth-order valence-electron chi connectivity index (χ4n) is 1.23. The van der Waals surface area contributed by atoms with Gasteiger partial charge in [-0.05, 0) is 18.2 Å². The molecule has 1 N–H and O–H groups in total. The lowest BCUT2D eigenvalue weighted by molar-refractivity contribution is -0.136. The molecule has 1 aromatic heterocycles. The lowest BCUT2D eigenvalue weighted by Gasteiger charge is -1.91. The minimum Gasteiger partial charge on any atom is -0.481 e. The summed E-state index contributed by atoms with van der Waals surface area (Å²) in [6.45, 7) is 0. The molecule has 0 atom stereocenters. The summed E-state index contributed by atoms with van der Waals surface area (Å²) in [7, 11) is 0. The molecule has 0 aliphatic heterocycles. The van der Waals surface area contributed by atoms with Crippen LogP contribution in [0.25, 0.3) is 11.0 Å². The number of aromatic nitrogens is 1. The van der Waals surface area contributed by atoms with Crippen LogP contribution in [0.5, 0.6) is 0 Å². The number of carboxylic acid groups (broad SMARTS) is 1. The van der Waals surface area contributed by atoms with Crippen molar-refractivity contribution in [2.45, 2.75) is 6.42 Å². The highest BCUT2D eigenvalue weighted by Gasteiger charge is 2.11. The van der Waals surface area contributed by atoms with Gasteiger partial charge in [-0.3, -0.25) is 4.79 Å². The van der Waals surface area contributed by atoms with Crippen molar-refractivity contribution in [2.24, 2.45) is 0 Å². The van der Waals surface area contributed by atoms with Crippen LogP contribution in [0.2, 0.25) is 5.02 Å². The Kier molecular flexibility index (Phi) is 2.13. The third-order valence-corrected chi connectivity index (χ3v) is 2.06. The van der Waals surface area contributed by atoms with E-state index in [-0.39, 0.29) is 6.42 Å². The summed E-state index contributed by atoms with van der Waals surface area (Å²) in [5.41, 5.74) is 0.945. The number of fused-ring (bicyclic) bond motifs is 1. The van der Waals surface area contributed by atoms with Crippen molar-refractivity contribution < 1.29 is 14.4 Å². The van der Waals surface area contributed by atoms with E-state index in [1.807, 2.05) is 0 Å². The molecule has 5 heteroatoms. The highest BCUT2D eigenvalue weighted by atomic mass is 35.5. The summed E-state index contributed by atoms with van der Waals surface area (Å²) in [6.07, 6.45) is -0.159. The molecule has 0 fully saturated rings. The average molecular weight is 212 g/mol. The lowest BCUT2D eigenvalue weighted by Crippen LogP contribution is -2.00. The van der Waals surface area contributed by atoms with E-state index in [9.17, 15) is 4.79 Å². The molecule has 0 unspecified atom stereocenters. The Balaban J connectivity index is 2.55. The summed E-state index contributed by atoms with van der Waals surface area (Å²) in [6, 6.07) is 4.97. The van der Waals surface area contributed by atoms with E-state index in [1.165, 1.54) is 0 Å². The molecule has 2 rings (SSSR count). The van der Waals surface area contributed by atoms with Crippen molar-refractivity contribution in [3.05, 3.63) is 28.9 Å². The first-order valence-electron chi connectivity index (χ1n) is 3.92. The number of carboxylic acids is 1. The number of benzene rings is 1. The minimum absolute atomic E-state index is 0.159. The van der Waals surface area contributed by atoms with Crippen LogP contribution < -0.4 is 0 Å². The molecule has 0 aliphatic rings. The molecule has 1 heterocycles. The van der Waals surface area contributed by atoms with Gasteiger partial charge in [0.1, 0.15) is 5.69 Å². The SMILES string of the molecule is O=C(O)Cc1noc2ccc(Cl)cc12. The third kappa shape index (κ3) is 1.56. The Morgan fingerprint density at radius 3 is 3.07 bits per heavy atom. The molecule has 0 bridgehead atoms. The van der Waals surface area contributed by atoms with Gasteiger partial charge >= 0.3 is 5.97 Å². The normalized spacial score (nSPS) is 10.6. The van der Waals surface area contributed by atoms with E-state index >= 15 is 0 Å².